The number of hydrogen-bond acceptors (Lipinski definition) is 3. The molecule has 0 aromatic heterocycles. The molecule has 0 amide bonds. The minimum atomic E-state index is 0.259. The molecule has 70 valence electrons. The first-order valence-corrected chi connectivity index (χ1v) is 4.55. The highest BCUT2D eigenvalue weighted by atomic mass is 16.3. The van der Waals surface area contributed by atoms with Gasteiger partial charge in [-0.1, -0.05) is 6.92 Å². The summed E-state index contributed by atoms with van der Waals surface area (Å²) in [5, 5.41) is 16.9. The van der Waals surface area contributed by atoms with Crippen LogP contribution >= 0.6 is 0 Å². The van der Waals surface area contributed by atoms with Gasteiger partial charge in [0.05, 0.1) is 6.07 Å². The molecule has 0 saturated carbocycles. The fourth-order valence-electron chi connectivity index (χ4n) is 1.10. The second-order valence-corrected chi connectivity index (χ2v) is 2.77. The number of rotatable bonds is 7. The SMILES string of the molecule is CCN(CCCO)CCCC#N. The first-order valence-electron chi connectivity index (χ1n) is 4.55. The van der Waals surface area contributed by atoms with Gasteiger partial charge in [0.15, 0.2) is 0 Å². The van der Waals surface area contributed by atoms with Crippen molar-refractivity contribution in [3.05, 3.63) is 0 Å². The van der Waals surface area contributed by atoms with Crippen molar-refractivity contribution in [1.82, 2.24) is 4.90 Å². The Kier molecular flexibility index (Phi) is 8.09. The molecule has 0 aromatic carbocycles. The lowest BCUT2D eigenvalue weighted by molar-refractivity contribution is 0.229. The third-order valence-electron chi connectivity index (χ3n) is 1.84. The highest BCUT2D eigenvalue weighted by Gasteiger charge is 1.99. The van der Waals surface area contributed by atoms with Gasteiger partial charge in [0.2, 0.25) is 0 Å². The Morgan fingerprint density at radius 3 is 2.50 bits per heavy atom. The molecule has 0 fully saturated rings. The van der Waals surface area contributed by atoms with Crippen molar-refractivity contribution in [3.63, 3.8) is 0 Å². The van der Waals surface area contributed by atoms with Gasteiger partial charge in [0, 0.05) is 19.6 Å². The second kappa shape index (κ2) is 8.51. The van der Waals surface area contributed by atoms with Crippen LogP contribution in [-0.4, -0.2) is 36.2 Å². The highest BCUT2D eigenvalue weighted by Crippen LogP contribution is 1.95. The van der Waals surface area contributed by atoms with E-state index in [1.165, 1.54) is 0 Å². The summed E-state index contributed by atoms with van der Waals surface area (Å²) in [5.74, 6) is 0. The summed E-state index contributed by atoms with van der Waals surface area (Å²) >= 11 is 0. The van der Waals surface area contributed by atoms with E-state index in [2.05, 4.69) is 17.9 Å². The lowest BCUT2D eigenvalue weighted by Gasteiger charge is -2.18. The van der Waals surface area contributed by atoms with Crippen LogP contribution < -0.4 is 0 Å². The van der Waals surface area contributed by atoms with Gasteiger partial charge < -0.3 is 10.0 Å². The summed E-state index contributed by atoms with van der Waals surface area (Å²) in [4.78, 5) is 2.26. The molecule has 0 radical (unpaired) electrons. The minimum Gasteiger partial charge on any atom is -0.396 e. The minimum absolute atomic E-state index is 0.259. The van der Waals surface area contributed by atoms with Crippen LogP contribution in [0.3, 0.4) is 0 Å². The smallest absolute Gasteiger partial charge is 0.0622 e. The molecule has 0 aliphatic heterocycles. The largest absolute Gasteiger partial charge is 0.396 e. The standard InChI is InChI=1S/C9H18N2O/c1-2-11(8-5-9-12)7-4-3-6-10/h12H,2-5,7-9H2,1H3. The molecule has 1 N–H and O–H groups in total. The Morgan fingerprint density at radius 1 is 1.33 bits per heavy atom. The second-order valence-electron chi connectivity index (χ2n) is 2.77. The number of aliphatic hydroxyl groups is 1. The van der Waals surface area contributed by atoms with Crippen molar-refractivity contribution in [3.8, 4) is 6.07 Å². The molecule has 0 heterocycles. The number of nitriles is 1. The molecule has 0 aromatic rings. The number of hydrogen-bond donors (Lipinski definition) is 1. The monoisotopic (exact) mass is 170 g/mol. The molecule has 0 unspecified atom stereocenters. The molecule has 0 spiro atoms. The van der Waals surface area contributed by atoms with Gasteiger partial charge in [-0.15, -0.1) is 0 Å². The van der Waals surface area contributed by atoms with Crippen LogP contribution in [0.5, 0.6) is 0 Å². The van der Waals surface area contributed by atoms with Gasteiger partial charge in [-0.05, 0) is 25.9 Å². The van der Waals surface area contributed by atoms with Crippen molar-refractivity contribution < 1.29 is 5.11 Å². The van der Waals surface area contributed by atoms with Gasteiger partial charge in [-0.2, -0.15) is 5.26 Å². The average Bonchev–Trinajstić information content (AvgIpc) is 2.11. The normalized spacial score (nSPS) is 10.2. The summed E-state index contributed by atoms with van der Waals surface area (Å²) in [6.07, 6.45) is 2.41. The first kappa shape index (κ1) is 11.4. The summed E-state index contributed by atoms with van der Waals surface area (Å²) in [7, 11) is 0. The van der Waals surface area contributed by atoms with E-state index >= 15 is 0 Å². The average molecular weight is 170 g/mol. The molecule has 3 nitrogen and oxygen atoms in total. The molecule has 0 bridgehead atoms. The van der Waals surface area contributed by atoms with E-state index < -0.39 is 0 Å². The Morgan fingerprint density at radius 2 is 2.00 bits per heavy atom. The van der Waals surface area contributed by atoms with Crippen LogP contribution in [0.25, 0.3) is 0 Å². The van der Waals surface area contributed by atoms with E-state index in [-0.39, 0.29) is 6.61 Å². The van der Waals surface area contributed by atoms with Gasteiger partial charge >= 0.3 is 0 Å². The van der Waals surface area contributed by atoms with E-state index in [0.29, 0.717) is 6.42 Å². The molecule has 3 heteroatoms. The van der Waals surface area contributed by atoms with Crippen LogP contribution in [0.4, 0.5) is 0 Å². The van der Waals surface area contributed by atoms with Crippen LogP contribution in [0, 0.1) is 11.3 Å². The van der Waals surface area contributed by atoms with Crippen molar-refractivity contribution in [2.45, 2.75) is 26.2 Å². The van der Waals surface area contributed by atoms with Gasteiger partial charge in [-0.25, -0.2) is 0 Å². The summed E-state index contributed by atoms with van der Waals surface area (Å²) in [6.45, 7) is 5.28. The number of unbranched alkanes of at least 4 members (excludes halogenated alkanes) is 1. The molecule has 0 rings (SSSR count). The molecule has 0 saturated heterocycles. The fraction of sp³-hybridized carbons (Fsp3) is 0.889. The Bertz CT molecular complexity index is 131. The number of nitrogens with zero attached hydrogens (tertiary/aromatic N) is 2. The number of aliphatic hydroxyl groups excluding tert-OH is 1. The zero-order valence-corrected chi connectivity index (χ0v) is 7.79. The van der Waals surface area contributed by atoms with E-state index in [9.17, 15) is 0 Å². The summed E-state index contributed by atoms with van der Waals surface area (Å²) in [5.41, 5.74) is 0. The first-order chi connectivity index (χ1) is 5.85. The zero-order valence-electron chi connectivity index (χ0n) is 7.79. The van der Waals surface area contributed by atoms with Crippen LogP contribution in [-0.2, 0) is 0 Å². The van der Waals surface area contributed by atoms with Gasteiger partial charge in [0.25, 0.3) is 0 Å². The topological polar surface area (TPSA) is 47.3 Å². The van der Waals surface area contributed by atoms with Crippen LogP contribution in [0.1, 0.15) is 26.2 Å². The highest BCUT2D eigenvalue weighted by molar-refractivity contribution is 4.69. The Balaban J connectivity index is 3.34. The van der Waals surface area contributed by atoms with Crippen LogP contribution in [0.15, 0.2) is 0 Å². The molecule has 0 atom stereocenters. The van der Waals surface area contributed by atoms with E-state index in [1.807, 2.05) is 0 Å². The van der Waals surface area contributed by atoms with Gasteiger partial charge in [-0.3, -0.25) is 0 Å². The maximum Gasteiger partial charge on any atom is 0.0622 e. The maximum absolute atomic E-state index is 8.60. The van der Waals surface area contributed by atoms with Crippen LogP contribution in [0.2, 0.25) is 0 Å². The molecule has 12 heavy (non-hydrogen) atoms. The fourth-order valence-corrected chi connectivity index (χ4v) is 1.10. The Hall–Kier alpha value is -0.590. The zero-order chi connectivity index (χ0) is 9.23. The summed E-state index contributed by atoms with van der Waals surface area (Å²) in [6, 6.07) is 2.13. The van der Waals surface area contributed by atoms with E-state index in [1.54, 1.807) is 0 Å². The summed E-state index contributed by atoms with van der Waals surface area (Å²) < 4.78 is 0. The quantitative estimate of drug-likeness (QED) is 0.580. The van der Waals surface area contributed by atoms with E-state index in [4.69, 9.17) is 10.4 Å². The third kappa shape index (κ3) is 6.14. The van der Waals surface area contributed by atoms with Gasteiger partial charge in [0.1, 0.15) is 0 Å². The predicted octanol–water partition coefficient (Wildman–Crippen LogP) is 0.994. The van der Waals surface area contributed by atoms with Crippen molar-refractivity contribution in [2.75, 3.05) is 26.2 Å². The van der Waals surface area contributed by atoms with Crippen molar-refractivity contribution in [1.29, 1.82) is 5.26 Å². The lowest BCUT2D eigenvalue weighted by atomic mass is 10.3. The van der Waals surface area contributed by atoms with Crippen molar-refractivity contribution in [2.24, 2.45) is 0 Å². The maximum atomic E-state index is 8.60. The third-order valence-corrected chi connectivity index (χ3v) is 1.84. The molecular weight excluding hydrogens is 152 g/mol. The lowest BCUT2D eigenvalue weighted by Crippen LogP contribution is -2.26. The molecule has 0 aliphatic rings. The molecule has 0 aliphatic carbocycles. The Labute approximate surface area is 74.6 Å². The van der Waals surface area contributed by atoms with E-state index in [0.717, 1.165) is 32.5 Å². The predicted molar refractivity (Wildman–Crippen MR) is 48.7 cm³/mol. The van der Waals surface area contributed by atoms with Crippen molar-refractivity contribution >= 4 is 0 Å². The molecular formula is C9H18N2O.